The van der Waals surface area contributed by atoms with E-state index >= 15 is 0 Å². The number of rotatable bonds is 4. The van der Waals surface area contributed by atoms with Crippen LogP contribution in [0, 0.1) is 0 Å². The molecular weight excluding hydrogens is 178 g/mol. The van der Waals surface area contributed by atoms with Crippen LogP contribution in [0.2, 0.25) is 0 Å². The molecule has 0 aliphatic carbocycles. The maximum Gasteiger partial charge on any atom is 0.303 e. The van der Waals surface area contributed by atoms with Crippen molar-refractivity contribution in [2.75, 3.05) is 6.54 Å². The molecule has 0 saturated heterocycles. The Morgan fingerprint density at radius 1 is 1.33 bits per heavy atom. The van der Waals surface area contributed by atoms with Crippen molar-refractivity contribution in [1.82, 2.24) is 0 Å². The van der Waals surface area contributed by atoms with Crippen LogP contribution in [0.25, 0.3) is 0 Å². The predicted octanol–water partition coefficient (Wildman–Crippen LogP) is 2.04. The Hall–Kier alpha value is -0.280. The molecule has 0 radical (unpaired) electrons. The van der Waals surface area contributed by atoms with Crippen LogP contribution in [-0.2, 0) is 4.79 Å². The van der Waals surface area contributed by atoms with Crippen LogP contribution in [0.1, 0.15) is 39.5 Å². The molecule has 3 nitrogen and oxygen atoms in total. The fourth-order valence-electron chi connectivity index (χ4n) is 0.394. The summed E-state index contributed by atoms with van der Waals surface area (Å²) in [6, 6.07) is 0. The smallest absolute Gasteiger partial charge is 0.303 e. The molecule has 4 heteroatoms. The molecule has 0 aromatic heterocycles. The van der Waals surface area contributed by atoms with Crippen LogP contribution >= 0.6 is 12.4 Å². The molecule has 0 saturated carbocycles. The highest BCUT2D eigenvalue weighted by atomic mass is 35.5. The second-order valence-corrected chi connectivity index (χ2v) is 2.24. The average Bonchev–Trinajstić information content (AvgIpc) is 2.02. The number of halogens is 1. The molecule has 0 aromatic carbocycles. The van der Waals surface area contributed by atoms with Gasteiger partial charge in [0.05, 0.1) is 0 Å². The minimum atomic E-state index is -0.745. The lowest BCUT2D eigenvalue weighted by atomic mass is 10.3. The quantitative estimate of drug-likeness (QED) is 0.678. The standard InChI is InChI=1S/C5H13N.C3H6O2.ClH/c1-2-3-4-5-6;1-2-3(4)5;/h2-6H2,1H3;2H2,1H3,(H,4,5);1H. The summed E-state index contributed by atoms with van der Waals surface area (Å²) in [6.07, 6.45) is 3.98. The molecule has 0 atom stereocenters. The third kappa shape index (κ3) is 33.2. The molecule has 0 aromatic rings. The van der Waals surface area contributed by atoms with E-state index in [2.05, 4.69) is 6.92 Å². The topological polar surface area (TPSA) is 63.3 Å². The van der Waals surface area contributed by atoms with Gasteiger partial charge in [-0.2, -0.15) is 0 Å². The van der Waals surface area contributed by atoms with Gasteiger partial charge in [-0.15, -0.1) is 12.4 Å². The van der Waals surface area contributed by atoms with E-state index in [0.29, 0.717) is 0 Å². The van der Waals surface area contributed by atoms with Crippen LogP contribution in [0.15, 0.2) is 0 Å². The van der Waals surface area contributed by atoms with Crippen molar-refractivity contribution in [3.8, 4) is 0 Å². The van der Waals surface area contributed by atoms with Gasteiger partial charge in [-0.3, -0.25) is 4.79 Å². The Bertz CT molecular complexity index is 85.1. The first-order valence-corrected chi connectivity index (χ1v) is 4.10. The van der Waals surface area contributed by atoms with E-state index in [9.17, 15) is 4.79 Å². The number of hydrogen-bond acceptors (Lipinski definition) is 2. The minimum absolute atomic E-state index is 0. The molecule has 0 rings (SSSR count). The molecule has 0 heterocycles. The second kappa shape index (κ2) is 17.0. The molecule has 0 unspecified atom stereocenters. The number of nitrogens with two attached hydrogens (primary N) is 1. The summed E-state index contributed by atoms with van der Waals surface area (Å²) >= 11 is 0. The van der Waals surface area contributed by atoms with E-state index in [1.165, 1.54) is 19.3 Å². The summed E-state index contributed by atoms with van der Waals surface area (Å²) in [5.74, 6) is -0.745. The molecule has 0 amide bonds. The lowest BCUT2D eigenvalue weighted by molar-refractivity contribution is -0.136. The van der Waals surface area contributed by atoms with Gasteiger partial charge in [0, 0.05) is 6.42 Å². The lowest BCUT2D eigenvalue weighted by Gasteiger charge is -1.86. The van der Waals surface area contributed by atoms with Crippen molar-refractivity contribution in [3.63, 3.8) is 0 Å². The van der Waals surface area contributed by atoms with Crippen LogP contribution < -0.4 is 5.73 Å². The largest absolute Gasteiger partial charge is 0.481 e. The number of carboxylic acids is 1. The van der Waals surface area contributed by atoms with Crippen molar-refractivity contribution < 1.29 is 9.90 Å². The van der Waals surface area contributed by atoms with Crippen LogP contribution in [0.3, 0.4) is 0 Å². The van der Waals surface area contributed by atoms with Crippen molar-refractivity contribution in [2.45, 2.75) is 39.5 Å². The van der Waals surface area contributed by atoms with Gasteiger partial charge in [-0.25, -0.2) is 0 Å². The van der Waals surface area contributed by atoms with E-state index in [0.717, 1.165) is 6.54 Å². The number of carbonyl (C=O) groups is 1. The molecule has 0 aliphatic heterocycles. The normalized spacial score (nSPS) is 7.58. The Morgan fingerprint density at radius 2 is 1.75 bits per heavy atom. The first-order valence-electron chi connectivity index (χ1n) is 4.10. The molecule has 12 heavy (non-hydrogen) atoms. The van der Waals surface area contributed by atoms with E-state index in [1.807, 2.05) is 0 Å². The fourth-order valence-corrected chi connectivity index (χ4v) is 0.394. The van der Waals surface area contributed by atoms with Crippen molar-refractivity contribution in [1.29, 1.82) is 0 Å². The van der Waals surface area contributed by atoms with Gasteiger partial charge in [-0.1, -0.05) is 26.7 Å². The number of aliphatic carboxylic acids is 1. The van der Waals surface area contributed by atoms with E-state index in [4.69, 9.17) is 10.8 Å². The Labute approximate surface area is 80.7 Å². The van der Waals surface area contributed by atoms with Gasteiger partial charge in [0.25, 0.3) is 0 Å². The summed E-state index contributed by atoms with van der Waals surface area (Å²) in [6.45, 7) is 4.63. The summed E-state index contributed by atoms with van der Waals surface area (Å²) in [5.41, 5.74) is 5.21. The van der Waals surface area contributed by atoms with E-state index < -0.39 is 5.97 Å². The maximum atomic E-state index is 9.37. The Kier molecular flexibility index (Phi) is 25.1. The average molecular weight is 198 g/mol. The monoisotopic (exact) mass is 197 g/mol. The number of carboxylic acid groups (broad SMARTS) is 1. The summed E-state index contributed by atoms with van der Waals surface area (Å²) < 4.78 is 0. The third-order valence-corrected chi connectivity index (χ3v) is 1.11. The molecule has 0 bridgehead atoms. The van der Waals surface area contributed by atoms with Crippen LogP contribution in [0.5, 0.6) is 0 Å². The molecule has 0 spiro atoms. The zero-order chi connectivity index (χ0) is 9.11. The highest BCUT2D eigenvalue weighted by molar-refractivity contribution is 5.85. The van der Waals surface area contributed by atoms with Gasteiger partial charge in [0.2, 0.25) is 0 Å². The molecule has 0 fully saturated rings. The predicted molar refractivity (Wildman–Crippen MR) is 53.8 cm³/mol. The van der Waals surface area contributed by atoms with Gasteiger partial charge >= 0.3 is 5.97 Å². The second-order valence-electron chi connectivity index (χ2n) is 2.24. The maximum absolute atomic E-state index is 9.37. The Morgan fingerprint density at radius 3 is 1.83 bits per heavy atom. The third-order valence-electron chi connectivity index (χ3n) is 1.11. The van der Waals surface area contributed by atoms with Crippen molar-refractivity contribution >= 4 is 18.4 Å². The summed E-state index contributed by atoms with van der Waals surface area (Å²) in [4.78, 5) is 9.37. The Balaban J connectivity index is -0.000000126. The number of unbranched alkanes of at least 4 members (excludes halogenated alkanes) is 2. The minimum Gasteiger partial charge on any atom is -0.481 e. The first kappa shape index (κ1) is 17.7. The van der Waals surface area contributed by atoms with Crippen molar-refractivity contribution in [2.24, 2.45) is 5.73 Å². The van der Waals surface area contributed by atoms with Crippen LogP contribution in [0.4, 0.5) is 0 Å². The van der Waals surface area contributed by atoms with Gasteiger partial charge in [0.15, 0.2) is 0 Å². The summed E-state index contributed by atoms with van der Waals surface area (Å²) in [5, 5.41) is 7.72. The highest BCUT2D eigenvalue weighted by Gasteiger charge is 1.80. The van der Waals surface area contributed by atoms with E-state index in [-0.39, 0.29) is 18.8 Å². The lowest BCUT2D eigenvalue weighted by Crippen LogP contribution is -1.96. The fraction of sp³-hybridized carbons (Fsp3) is 0.875. The van der Waals surface area contributed by atoms with Gasteiger partial charge < -0.3 is 10.8 Å². The summed E-state index contributed by atoms with van der Waals surface area (Å²) in [7, 11) is 0. The van der Waals surface area contributed by atoms with Crippen LogP contribution in [-0.4, -0.2) is 17.6 Å². The van der Waals surface area contributed by atoms with E-state index in [1.54, 1.807) is 6.92 Å². The van der Waals surface area contributed by atoms with Gasteiger partial charge in [-0.05, 0) is 13.0 Å². The first-order chi connectivity index (χ1) is 5.18. The molecule has 76 valence electrons. The van der Waals surface area contributed by atoms with Gasteiger partial charge in [0.1, 0.15) is 0 Å². The number of hydrogen-bond donors (Lipinski definition) is 2. The van der Waals surface area contributed by atoms with Crippen molar-refractivity contribution in [3.05, 3.63) is 0 Å². The highest BCUT2D eigenvalue weighted by Crippen LogP contribution is 1.88. The molecule has 3 N–H and O–H groups in total. The SMILES string of the molecule is CCC(=O)O.CCCCCN.Cl. The zero-order valence-electron chi connectivity index (χ0n) is 7.88. The molecule has 0 aliphatic rings. The zero-order valence-corrected chi connectivity index (χ0v) is 8.69. The molecular formula is C8H20ClNO2.